The van der Waals surface area contributed by atoms with Crippen LogP contribution in [0.25, 0.3) is 0 Å². The number of urea groups is 1. The van der Waals surface area contributed by atoms with Crippen molar-refractivity contribution in [1.29, 1.82) is 0 Å². The second kappa shape index (κ2) is 6.03. The molecule has 1 saturated heterocycles. The summed E-state index contributed by atoms with van der Waals surface area (Å²) < 4.78 is 4.16. The van der Waals surface area contributed by atoms with Gasteiger partial charge in [-0.3, -0.25) is 14.6 Å². The maximum atomic E-state index is 12.7. The molecular weight excluding hydrogens is 306 g/mol. The Hall–Kier alpha value is -2.18. The van der Waals surface area contributed by atoms with Gasteiger partial charge in [0.2, 0.25) is 11.9 Å². The maximum absolute atomic E-state index is 12.7. The largest absolute Gasteiger partial charge is 0.402 e. The molecule has 1 atom stereocenters. The summed E-state index contributed by atoms with van der Waals surface area (Å²) in [7, 11) is 3.21. The maximum Gasteiger partial charge on any atom is 0.402 e. The summed E-state index contributed by atoms with van der Waals surface area (Å²) in [5.74, 6) is 1.10. The first-order valence-electron chi connectivity index (χ1n) is 8.65. The van der Waals surface area contributed by atoms with Gasteiger partial charge in [0.15, 0.2) is 0 Å². The summed E-state index contributed by atoms with van der Waals surface area (Å²) in [5, 5.41) is 0. The number of hydrogen-bond donors (Lipinski definition) is 0. The van der Waals surface area contributed by atoms with Crippen LogP contribution in [0.4, 0.5) is 10.7 Å². The minimum absolute atomic E-state index is 0.216. The topological polar surface area (TPSA) is 61.8 Å². The second-order valence-electron chi connectivity index (χ2n) is 6.66. The number of likely N-dealkylation sites (N-methyl/N-ethyl adjacent to an activating group) is 2. The minimum atomic E-state index is -0.525. The molecule has 2 aliphatic rings. The SMILES string of the molecule is CCCCCC[n+]1c(C)c(C)n2c1N=C1C2C(=O)N(C)C(=O)N1C. The number of nitrogens with zero attached hydrogens (tertiary/aromatic N) is 5. The van der Waals surface area contributed by atoms with Gasteiger partial charge in [0.25, 0.3) is 5.91 Å². The van der Waals surface area contributed by atoms with E-state index in [-0.39, 0.29) is 11.9 Å². The average Bonchev–Trinajstić information content (AvgIpc) is 3.06. The molecule has 3 amide bonds. The van der Waals surface area contributed by atoms with Crippen molar-refractivity contribution in [3.63, 3.8) is 0 Å². The van der Waals surface area contributed by atoms with Crippen molar-refractivity contribution >= 4 is 23.7 Å². The van der Waals surface area contributed by atoms with Crippen LogP contribution in [0.1, 0.15) is 50.0 Å². The van der Waals surface area contributed by atoms with E-state index in [1.54, 1.807) is 7.05 Å². The van der Waals surface area contributed by atoms with Gasteiger partial charge in [-0.05, 0) is 20.3 Å². The highest BCUT2D eigenvalue weighted by Crippen LogP contribution is 2.34. The smallest absolute Gasteiger partial charge is 0.270 e. The molecule has 0 aliphatic carbocycles. The summed E-state index contributed by atoms with van der Waals surface area (Å²) in [6.07, 6.45) is 4.71. The van der Waals surface area contributed by atoms with Gasteiger partial charge in [-0.1, -0.05) is 31.2 Å². The molecule has 0 aromatic carbocycles. The quantitative estimate of drug-likeness (QED) is 0.612. The normalized spacial score (nSPS) is 19.7. The molecule has 130 valence electrons. The molecule has 24 heavy (non-hydrogen) atoms. The predicted molar refractivity (Wildman–Crippen MR) is 90.3 cm³/mol. The molecule has 0 saturated carbocycles. The van der Waals surface area contributed by atoms with Crippen LogP contribution in [0.2, 0.25) is 0 Å². The lowest BCUT2D eigenvalue weighted by molar-refractivity contribution is -0.689. The molecule has 3 heterocycles. The number of hydrogen-bond acceptors (Lipinski definition) is 3. The molecule has 1 unspecified atom stereocenters. The fourth-order valence-electron chi connectivity index (χ4n) is 3.55. The van der Waals surface area contributed by atoms with E-state index >= 15 is 0 Å². The second-order valence-corrected chi connectivity index (χ2v) is 6.66. The Kier molecular flexibility index (Phi) is 4.19. The minimum Gasteiger partial charge on any atom is -0.270 e. The van der Waals surface area contributed by atoms with Crippen molar-refractivity contribution in [3.05, 3.63) is 11.4 Å². The molecule has 0 N–H and O–H groups in total. The molecule has 2 aliphatic heterocycles. The van der Waals surface area contributed by atoms with Crippen molar-refractivity contribution in [1.82, 2.24) is 14.4 Å². The Morgan fingerprint density at radius 1 is 1.08 bits per heavy atom. The van der Waals surface area contributed by atoms with Crippen LogP contribution in [-0.4, -0.2) is 46.2 Å². The van der Waals surface area contributed by atoms with Crippen molar-refractivity contribution in [2.75, 3.05) is 14.1 Å². The lowest BCUT2D eigenvalue weighted by Crippen LogP contribution is -2.56. The zero-order valence-electron chi connectivity index (χ0n) is 15.2. The molecule has 1 aromatic heterocycles. The lowest BCUT2D eigenvalue weighted by Gasteiger charge is -2.30. The third-order valence-corrected chi connectivity index (χ3v) is 5.18. The number of carbonyl (C=O) groups excluding carboxylic acids is 2. The first-order chi connectivity index (χ1) is 11.4. The number of aromatic nitrogens is 2. The van der Waals surface area contributed by atoms with E-state index in [4.69, 9.17) is 0 Å². The number of rotatable bonds is 5. The van der Waals surface area contributed by atoms with E-state index in [1.807, 2.05) is 11.5 Å². The third kappa shape index (κ3) is 2.25. The number of unbranched alkanes of at least 4 members (excludes halogenated alkanes) is 3. The number of aliphatic imine (C=N–C) groups is 1. The van der Waals surface area contributed by atoms with Crippen LogP contribution >= 0.6 is 0 Å². The van der Waals surface area contributed by atoms with Gasteiger partial charge >= 0.3 is 12.0 Å². The first-order valence-corrected chi connectivity index (χ1v) is 8.65. The fraction of sp³-hybridized carbons (Fsp3) is 0.647. The molecular formula is C17H26N5O2+. The predicted octanol–water partition coefficient (Wildman–Crippen LogP) is 2.08. The van der Waals surface area contributed by atoms with Crippen LogP contribution in [0, 0.1) is 13.8 Å². The van der Waals surface area contributed by atoms with Gasteiger partial charge in [-0.15, -0.1) is 0 Å². The highest BCUT2D eigenvalue weighted by molar-refractivity contribution is 6.20. The van der Waals surface area contributed by atoms with Crippen LogP contribution in [-0.2, 0) is 11.3 Å². The van der Waals surface area contributed by atoms with Gasteiger partial charge in [-0.25, -0.2) is 13.9 Å². The van der Waals surface area contributed by atoms with Gasteiger partial charge in [-0.2, -0.15) is 0 Å². The zero-order chi connectivity index (χ0) is 17.6. The zero-order valence-corrected chi connectivity index (χ0v) is 15.2. The van der Waals surface area contributed by atoms with Crippen LogP contribution < -0.4 is 4.57 Å². The van der Waals surface area contributed by atoms with Gasteiger partial charge in [0.05, 0.1) is 6.54 Å². The van der Waals surface area contributed by atoms with E-state index < -0.39 is 6.04 Å². The van der Waals surface area contributed by atoms with Crippen molar-refractivity contribution in [2.45, 2.75) is 59.0 Å². The Morgan fingerprint density at radius 2 is 1.79 bits per heavy atom. The number of imidazole rings is 1. The van der Waals surface area contributed by atoms with Crippen molar-refractivity contribution in [2.24, 2.45) is 4.99 Å². The molecule has 0 spiro atoms. The van der Waals surface area contributed by atoms with Crippen LogP contribution in [0.5, 0.6) is 0 Å². The molecule has 7 heteroatoms. The van der Waals surface area contributed by atoms with E-state index in [0.717, 1.165) is 30.3 Å². The Labute approximate surface area is 142 Å². The van der Waals surface area contributed by atoms with E-state index in [0.29, 0.717) is 5.84 Å². The molecule has 0 radical (unpaired) electrons. The molecule has 7 nitrogen and oxygen atoms in total. The van der Waals surface area contributed by atoms with E-state index in [1.165, 1.54) is 36.1 Å². The lowest BCUT2D eigenvalue weighted by atomic mass is 10.1. The molecule has 0 bridgehead atoms. The van der Waals surface area contributed by atoms with Gasteiger partial charge < -0.3 is 0 Å². The van der Waals surface area contributed by atoms with Crippen LogP contribution in [0.15, 0.2) is 4.99 Å². The molecule has 1 aromatic rings. The van der Waals surface area contributed by atoms with Gasteiger partial charge in [0, 0.05) is 14.1 Å². The number of imide groups is 1. The Morgan fingerprint density at radius 3 is 2.46 bits per heavy atom. The average molecular weight is 332 g/mol. The van der Waals surface area contributed by atoms with Crippen LogP contribution in [0.3, 0.4) is 0 Å². The summed E-state index contributed by atoms with van der Waals surface area (Å²) in [5.41, 5.74) is 2.17. The van der Waals surface area contributed by atoms with Crippen molar-refractivity contribution in [3.8, 4) is 0 Å². The summed E-state index contributed by atoms with van der Waals surface area (Å²) in [4.78, 5) is 32.2. The van der Waals surface area contributed by atoms with E-state index in [9.17, 15) is 9.59 Å². The fourth-order valence-corrected chi connectivity index (χ4v) is 3.55. The number of carbonyl (C=O) groups is 2. The first kappa shape index (κ1) is 16.7. The summed E-state index contributed by atoms with van der Waals surface area (Å²) in [6.45, 7) is 7.18. The standard InChI is InChI=1S/C17H26N5O2/c1-6-7-8-9-10-21-11(2)12(3)22-13-14(18-16(21)22)19(4)17(24)20(5)15(13)23/h13H,6-10H2,1-5H3/q+1. The highest BCUT2D eigenvalue weighted by Gasteiger charge is 2.53. The number of amides is 3. The summed E-state index contributed by atoms with van der Waals surface area (Å²) >= 11 is 0. The van der Waals surface area contributed by atoms with Gasteiger partial charge in [0.1, 0.15) is 11.4 Å². The Balaban J connectivity index is 2.00. The third-order valence-electron chi connectivity index (χ3n) is 5.18. The monoisotopic (exact) mass is 332 g/mol. The molecule has 3 rings (SSSR count). The number of fused-ring (bicyclic) bond motifs is 3. The Bertz CT molecular complexity index is 734. The summed E-state index contributed by atoms with van der Waals surface area (Å²) in [6, 6.07) is -0.854. The molecule has 1 fully saturated rings. The number of amidine groups is 1. The van der Waals surface area contributed by atoms with Crippen molar-refractivity contribution < 1.29 is 14.2 Å². The highest BCUT2D eigenvalue weighted by atomic mass is 16.2. The van der Waals surface area contributed by atoms with E-state index in [2.05, 4.69) is 23.4 Å².